The number of ether oxygens (including phenoxy) is 1. The molecule has 0 atom stereocenters. The van der Waals surface area contributed by atoms with Crippen molar-refractivity contribution in [2.24, 2.45) is 0 Å². The Labute approximate surface area is 155 Å². The SMILES string of the molecule is Nc1ncc(-c2cc(N3CCOCC3)nc(N3CCCC(F)(F)C3)n2)cn1. The van der Waals surface area contributed by atoms with Gasteiger partial charge < -0.3 is 20.3 Å². The summed E-state index contributed by atoms with van der Waals surface area (Å²) in [7, 11) is 0. The van der Waals surface area contributed by atoms with Crippen molar-refractivity contribution >= 4 is 17.7 Å². The summed E-state index contributed by atoms with van der Waals surface area (Å²) in [6.07, 6.45) is 3.44. The van der Waals surface area contributed by atoms with E-state index in [9.17, 15) is 8.78 Å². The first-order chi connectivity index (χ1) is 13.0. The van der Waals surface area contributed by atoms with Gasteiger partial charge in [0.25, 0.3) is 5.92 Å². The molecule has 0 radical (unpaired) electrons. The van der Waals surface area contributed by atoms with E-state index in [4.69, 9.17) is 10.5 Å². The molecule has 27 heavy (non-hydrogen) atoms. The van der Waals surface area contributed by atoms with Gasteiger partial charge in [0.05, 0.1) is 25.5 Å². The van der Waals surface area contributed by atoms with E-state index in [0.717, 1.165) is 0 Å². The molecule has 10 heteroatoms. The van der Waals surface area contributed by atoms with Crippen molar-refractivity contribution in [3.05, 3.63) is 18.5 Å². The fraction of sp³-hybridized carbons (Fsp3) is 0.529. The first-order valence-corrected chi connectivity index (χ1v) is 8.93. The van der Waals surface area contributed by atoms with Crippen LogP contribution in [0, 0.1) is 0 Å². The summed E-state index contributed by atoms with van der Waals surface area (Å²) in [6, 6.07) is 1.83. The third-order valence-electron chi connectivity index (χ3n) is 4.68. The predicted octanol–water partition coefficient (Wildman–Crippen LogP) is 1.59. The molecule has 144 valence electrons. The van der Waals surface area contributed by atoms with Crippen LogP contribution >= 0.6 is 0 Å². The molecule has 2 aromatic rings. The summed E-state index contributed by atoms with van der Waals surface area (Å²) < 4.78 is 33.2. The van der Waals surface area contributed by atoms with Crippen LogP contribution in [0.1, 0.15) is 12.8 Å². The summed E-state index contributed by atoms with van der Waals surface area (Å²) in [5.74, 6) is -1.59. The second kappa shape index (κ2) is 7.18. The van der Waals surface area contributed by atoms with Crippen LogP contribution < -0.4 is 15.5 Å². The van der Waals surface area contributed by atoms with Gasteiger partial charge in [0.1, 0.15) is 5.82 Å². The molecule has 2 aliphatic heterocycles. The van der Waals surface area contributed by atoms with Crippen molar-refractivity contribution in [2.75, 3.05) is 54.9 Å². The van der Waals surface area contributed by atoms with Crippen LogP contribution in [0.3, 0.4) is 0 Å². The molecular formula is C17H21F2N7O. The molecule has 0 amide bonds. The third kappa shape index (κ3) is 4.05. The highest BCUT2D eigenvalue weighted by Crippen LogP contribution is 2.31. The molecular weight excluding hydrogens is 356 g/mol. The van der Waals surface area contributed by atoms with Crippen molar-refractivity contribution in [1.29, 1.82) is 0 Å². The van der Waals surface area contributed by atoms with Gasteiger partial charge in [-0.25, -0.2) is 23.7 Å². The molecule has 2 aromatic heterocycles. The summed E-state index contributed by atoms with van der Waals surface area (Å²) in [4.78, 5) is 20.7. The zero-order valence-electron chi connectivity index (χ0n) is 14.8. The lowest BCUT2D eigenvalue weighted by atomic mass is 10.1. The van der Waals surface area contributed by atoms with Gasteiger partial charge in [-0.3, -0.25) is 0 Å². The molecule has 2 saturated heterocycles. The number of nitrogens with zero attached hydrogens (tertiary/aromatic N) is 6. The number of anilines is 3. The number of hydrogen-bond acceptors (Lipinski definition) is 8. The van der Waals surface area contributed by atoms with Crippen LogP contribution in [0.5, 0.6) is 0 Å². The molecule has 0 bridgehead atoms. The van der Waals surface area contributed by atoms with E-state index >= 15 is 0 Å². The van der Waals surface area contributed by atoms with Gasteiger partial charge in [0.2, 0.25) is 11.9 Å². The molecule has 0 spiro atoms. The van der Waals surface area contributed by atoms with Gasteiger partial charge in [0, 0.05) is 50.1 Å². The minimum absolute atomic E-state index is 0.106. The lowest BCUT2D eigenvalue weighted by Crippen LogP contribution is -2.44. The average Bonchev–Trinajstić information content (AvgIpc) is 2.68. The summed E-state index contributed by atoms with van der Waals surface area (Å²) in [5, 5.41) is 0. The number of morpholine rings is 1. The van der Waals surface area contributed by atoms with Crippen LogP contribution in [0.15, 0.2) is 18.5 Å². The summed E-state index contributed by atoms with van der Waals surface area (Å²) in [6.45, 7) is 2.69. The van der Waals surface area contributed by atoms with Crippen molar-refractivity contribution in [2.45, 2.75) is 18.8 Å². The van der Waals surface area contributed by atoms with Gasteiger partial charge in [-0.15, -0.1) is 0 Å². The Hall–Kier alpha value is -2.62. The number of hydrogen-bond donors (Lipinski definition) is 1. The van der Waals surface area contributed by atoms with E-state index in [0.29, 0.717) is 62.3 Å². The van der Waals surface area contributed by atoms with Crippen molar-refractivity contribution in [1.82, 2.24) is 19.9 Å². The van der Waals surface area contributed by atoms with Gasteiger partial charge in [-0.2, -0.15) is 4.98 Å². The first kappa shape index (κ1) is 17.8. The van der Waals surface area contributed by atoms with E-state index in [1.54, 1.807) is 17.3 Å². The van der Waals surface area contributed by atoms with Gasteiger partial charge in [0.15, 0.2) is 0 Å². The van der Waals surface area contributed by atoms with Crippen molar-refractivity contribution in [3.8, 4) is 11.3 Å². The molecule has 4 heterocycles. The van der Waals surface area contributed by atoms with Crippen LogP contribution in [0.4, 0.5) is 26.5 Å². The molecule has 0 aromatic carbocycles. The lowest BCUT2D eigenvalue weighted by Gasteiger charge is -2.34. The van der Waals surface area contributed by atoms with Gasteiger partial charge >= 0.3 is 0 Å². The maximum atomic E-state index is 13.9. The van der Waals surface area contributed by atoms with E-state index < -0.39 is 5.92 Å². The second-order valence-corrected chi connectivity index (χ2v) is 6.72. The Bertz CT molecular complexity index is 796. The van der Waals surface area contributed by atoms with Crippen molar-refractivity contribution in [3.63, 3.8) is 0 Å². The Morgan fingerprint density at radius 3 is 2.48 bits per heavy atom. The Morgan fingerprint density at radius 1 is 1.04 bits per heavy atom. The number of piperidine rings is 1. The molecule has 2 N–H and O–H groups in total. The zero-order valence-corrected chi connectivity index (χ0v) is 14.8. The average molecular weight is 377 g/mol. The van der Waals surface area contributed by atoms with Crippen LogP contribution in [-0.4, -0.2) is 65.3 Å². The fourth-order valence-electron chi connectivity index (χ4n) is 3.27. The second-order valence-electron chi connectivity index (χ2n) is 6.72. The molecule has 8 nitrogen and oxygen atoms in total. The summed E-state index contributed by atoms with van der Waals surface area (Å²) in [5.41, 5.74) is 6.80. The number of halogens is 2. The number of nitrogens with two attached hydrogens (primary N) is 1. The molecule has 2 aliphatic rings. The molecule has 0 aliphatic carbocycles. The smallest absolute Gasteiger partial charge is 0.265 e. The zero-order chi connectivity index (χ0) is 18.9. The van der Waals surface area contributed by atoms with E-state index in [2.05, 4.69) is 24.8 Å². The number of rotatable bonds is 3. The van der Waals surface area contributed by atoms with Gasteiger partial charge in [-0.1, -0.05) is 0 Å². The normalized spacial score (nSPS) is 19.9. The first-order valence-electron chi connectivity index (χ1n) is 8.93. The van der Waals surface area contributed by atoms with Crippen LogP contribution in [0.25, 0.3) is 11.3 Å². The standard InChI is InChI=1S/C17H21F2N7O/c18-17(19)2-1-3-26(11-17)16-23-13(12-9-21-15(20)22-10-12)8-14(24-16)25-4-6-27-7-5-25/h8-10H,1-7,11H2,(H2,20,21,22). The topological polar surface area (TPSA) is 93.3 Å². The predicted molar refractivity (Wildman–Crippen MR) is 96.9 cm³/mol. The summed E-state index contributed by atoms with van der Waals surface area (Å²) >= 11 is 0. The van der Waals surface area contributed by atoms with E-state index in [-0.39, 0.29) is 18.9 Å². The molecule has 2 fully saturated rings. The Kier molecular flexibility index (Phi) is 4.73. The fourth-order valence-corrected chi connectivity index (χ4v) is 3.27. The third-order valence-corrected chi connectivity index (χ3v) is 4.68. The number of nitrogen functional groups attached to an aromatic ring is 1. The highest BCUT2D eigenvalue weighted by Gasteiger charge is 2.36. The Balaban J connectivity index is 1.73. The Morgan fingerprint density at radius 2 is 1.78 bits per heavy atom. The van der Waals surface area contributed by atoms with Crippen LogP contribution in [-0.2, 0) is 4.74 Å². The highest BCUT2D eigenvalue weighted by molar-refractivity contribution is 5.64. The number of alkyl halides is 2. The lowest BCUT2D eigenvalue weighted by molar-refractivity contribution is -0.0120. The minimum atomic E-state index is -2.74. The molecule has 0 saturated carbocycles. The van der Waals surface area contributed by atoms with Gasteiger partial charge in [-0.05, 0) is 6.42 Å². The van der Waals surface area contributed by atoms with Crippen molar-refractivity contribution < 1.29 is 13.5 Å². The quantitative estimate of drug-likeness (QED) is 0.862. The monoisotopic (exact) mass is 377 g/mol. The van der Waals surface area contributed by atoms with E-state index in [1.807, 2.05) is 6.07 Å². The maximum absolute atomic E-state index is 13.9. The molecule has 0 unspecified atom stereocenters. The largest absolute Gasteiger partial charge is 0.378 e. The van der Waals surface area contributed by atoms with Crippen LogP contribution in [0.2, 0.25) is 0 Å². The minimum Gasteiger partial charge on any atom is -0.378 e. The number of aromatic nitrogens is 4. The highest BCUT2D eigenvalue weighted by atomic mass is 19.3. The maximum Gasteiger partial charge on any atom is 0.265 e. The molecule has 4 rings (SSSR count). The van der Waals surface area contributed by atoms with E-state index in [1.165, 1.54) is 0 Å².